The number of aromatic nitrogens is 1. The van der Waals surface area contributed by atoms with E-state index < -0.39 is 5.60 Å². The van der Waals surface area contributed by atoms with E-state index in [4.69, 9.17) is 9.26 Å². The summed E-state index contributed by atoms with van der Waals surface area (Å²) in [7, 11) is 1.74. The van der Waals surface area contributed by atoms with E-state index in [1.165, 1.54) is 6.26 Å². The molecule has 1 saturated heterocycles. The van der Waals surface area contributed by atoms with Crippen LogP contribution in [0.4, 0.5) is 4.79 Å². The first-order chi connectivity index (χ1) is 10.9. The lowest BCUT2D eigenvalue weighted by Crippen LogP contribution is -2.44. The van der Waals surface area contributed by atoms with Gasteiger partial charge in [0, 0.05) is 26.2 Å². The Balaban J connectivity index is 0.00000288. The maximum absolute atomic E-state index is 11.8. The molecule has 1 atom stereocenters. The van der Waals surface area contributed by atoms with Crippen LogP contribution in [0.5, 0.6) is 0 Å². The van der Waals surface area contributed by atoms with E-state index in [1.807, 2.05) is 20.8 Å². The number of carbonyl (C=O) groups is 1. The summed E-state index contributed by atoms with van der Waals surface area (Å²) in [5.74, 6) is 0.779. The summed E-state index contributed by atoms with van der Waals surface area (Å²) in [6, 6.07) is 1.85. The van der Waals surface area contributed by atoms with Crippen molar-refractivity contribution in [3.63, 3.8) is 0 Å². The summed E-state index contributed by atoms with van der Waals surface area (Å²) in [6.07, 6.45) is 2.01. The van der Waals surface area contributed by atoms with Crippen LogP contribution in [0.2, 0.25) is 0 Å². The van der Waals surface area contributed by atoms with Crippen LogP contribution in [0.1, 0.15) is 32.9 Å². The van der Waals surface area contributed by atoms with Crippen molar-refractivity contribution in [1.29, 1.82) is 0 Å². The van der Waals surface area contributed by atoms with Gasteiger partial charge >= 0.3 is 6.09 Å². The number of nitrogens with one attached hydrogen (secondary N) is 2. The third-order valence-corrected chi connectivity index (χ3v) is 3.34. The molecule has 8 nitrogen and oxygen atoms in total. The number of aliphatic imine (C=N–C) groups is 1. The van der Waals surface area contributed by atoms with E-state index in [1.54, 1.807) is 13.1 Å². The maximum Gasteiger partial charge on any atom is 0.407 e. The molecule has 1 amide bonds. The van der Waals surface area contributed by atoms with E-state index in [0.717, 1.165) is 24.6 Å². The fourth-order valence-electron chi connectivity index (χ4n) is 2.38. The van der Waals surface area contributed by atoms with Gasteiger partial charge in [-0.2, -0.15) is 0 Å². The summed E-state index contributed by atoms with van der Waals surface area (Å²) < 4.78 is 10.1. The minimum absolute atomic E-state index is 0. The molecule has 24 heavy (non-hydrogen) atoms. The van der Waals surface area contributed by atoms with Crippen molar-refractivity contribution in [1.82, 2.24) is 20.7 Å². The Morgan fingerprint density at radius 3 is 2.88 bits per heavy atom. The van der Waals surface area contributed by atoms with Crippen LogP contribution >= 0.6 is 24.0 Å². The monoisotopic (exact) mass is 451 g/mol. The maximum atomic E-state index is 11.8. The molecule has 0 bridgehead atoms. The summed E-state index contributed by atoms with van der Waals surface area (Å²) in [6.45, 7) is 7.61. The number of likely N-dealkylation sites (tertiary alicyclic amines) is 1. The lowest BCUT2D eigenvalue weighted by Gasteiger charge is -2.23. The molecule has 0 aliphatic carbocycles. The van der Waals surface area contributed by atoms with Gasteiger partial charge in [-0.15, -0.1) is 24.0 Å². The van der Waals surface area contributed by atoms with Crippen LogP contribution in [-0.4, -0.2) is 53.9 Å². The van der Waals surface area contributed by atoms with E-state index in [9.17, 15) is 4.79 Å². The number of hydrogen-bond acceptors (Lipinski definition) is 5. The zero-order valence-electron chi connectivity index (χ0n) is 14.5. The second-order valence-electron chi connectivity index (χ2n) is 6.47. The molecule has 9 heteroatoms. The second-order valence-corrected chi connectivity index (χ2v) is 6.47. The first-order valence-corrected chi connectivity index (χ1v) is 7.72. The van der Waals surface area contributed by atoms with Gasteiger partial charge in [-0.25, -0.2) is 4.79 Å². The quantitative estimate of drug-likeness (QED) is 0.415. The largest absolute Gasteiger partial charge is 0.444 e. The van der Waals surface area contributed by atoms with Crippen LogP contribution in [0.15, 0.2) is 21.8 Å². The van der Waals surface area contributed by atoms with Crippen molar-refractivity contribution in [2.24, 2.45) is 4.99 Å². The van der Waals surface area contributed by atoms with Gasteiger partial charge in [0.05, 0.1) is 12.6 Å². The highest BCUT2D eigenvalue weighted by atomic mass is 127. The fraction of sp³-hybridized carbons (Fsp3) is 0.667. The smallest absolute Gasteiger partial charge is 0.407 e. The van der Waals surface area contributed by atoms with Crippen LogP contribution in [-0.2, 0) is 11.3 Å². The van der Waals surface area contributed by atoms with Crippen molar-refractivity contribution in [2.45, 2.75) is 45.4 Å². The first kappa shape index (κ1) is 20.5. The Labute approximate surface area is 159 Å². The van der Waals surface area contributed by atoms with Gasteiger partial charge in [-0.05, 0) is 27.2 Å². The van der Waals surface area contributed by atoms with Crippen LogP contribution in [0.25, 0.3) is 0 Å². The SMILES string of the molecule is CN=C(NCc1ccon1)N1CCC(NC(=O)OC(C)(C)C)C1.I. The average molecular weight is 451 g/mol. The molecule has 136 valence electrons. The van der Waals surface area contributed by atoms with Gasteiger partial charge in [0.2, 0.25) is 0 Å². The molecule has 1 aliphatic rings. The number of guanidine groups is 1. The number of hydrogen-bond donors (Lipinski definition) is 2. The number of amides is 1. The van der Waals surface area contributed by atoms with E-state index in [0.29, 0.717) is 13.1 Å². The predicted octanol–water partition coefficient (Wildman–Crippen LogP) is 1.97. The molecule has 0 radical (unpaired) electrons. The Kier molecular flexibility index (Phi) is 7.77. The minimum atomic E-state index is -0.489. The zero-order valence-corrected chi connectivity index (χ0v) is 16.9. The number of ether oxygens (including phenoxy) is 1. The standard InChI is InChI=1S/C15H25N5O3.HI/c1-15(2,3)23-14(21)18-12-5-7-20(10-12)13(16-4)17-9-11-6-8-22-19-11;/h6,8,12H,5,7,9-10H2,1-4H3,(H,16,17)(H,18,21);1H. The number of alkyl carbamates (subject to hydrolysis) is 1. The van der Waals surface area contributed by atoms with E-state index >= 15 is 0 Å². The van der Waals surface area contributed by atoms with Gasteiger partial charge in [0.1, 0.15) is 17.6 Å². The third-order valence-electron chi connectivity index (χ3n) is 3.34. The molecule has 1 unspecified atom stereocenters. The zero-order chi connectivity index (χ0) is 16.9. The highest BCUT2D eigenvalue weighted by Crippen LogP contribution is 2.12. The molecule has 1 fully saturated rings. The van der Waals surface area contributed by atoms with Crippen molar-refractivity contribution in [2.75, 3.05) is 20.1 Å². The molecule has 1 aliphatic heterocycles. The van der Waals surface area contributed by atoms with Crippen LogP contribution in [0.3, 0.4) is 0 Å². The molecule has 2 heterocycles. The molecule has 1 aromatic rings. The molecular formula is C15H26IN5O3. The summed E-state index contributed by atoms with van der Waals surface area (Å²) >= 11 is 0. The second kappa shape index (κ2) is 9.09. The van der Waals surface area contributed by atoms with Gasteiger partial charge < -0.3 is 24.8 Å². The topological polar surface area (TPSA) is 92.0 Å². The van der Waals surface area contributed by atoms with Crippen molar-refractivity contribution < 1.29 is 14.1 Å². The summed E-state index contributed by atoms with van der Waals surface area (Å²) in [5, 5.41) is 9.99. The number of nitrogens with zero attached hydrogens (tertiary/aromatic N) is 3. The first-order valence-electron chi connectivity index (χ1n) is 7.72. The Morgan fingerprint density at radius 2 is 2.29 bits per heavy atom. The Bertz CT molecular complexity index is 542. The molecule has 0 saturated carbocycles. The number of rotatable bonds is 3. The predicted molar refractivity (Wildman–Crippen MR) is 101 cm³/mol. The molecule has 2 rings (SSSR count). The van der Waals surface area contributed by atoms with Crippen LogP contribution in [0, 0.1) is 0 Å². The summed E-state index contributed by atoms with van der Waals surface area (Å²) in [4.78, 5) is 18.2. The Morgan fingerprint density at radius 1 is 1.54 bits per heavy atom. The van der Waals surface area contributed by atoms with E-state index in [-0.39, 0.29) is 36.1 Å². The number of carbonyl (C=O) groups excluding carboxylic acids is 1. The lowest BCUT2D eigenvalue weighted by molar-refractivity contribution is 0.0507. The van der Waals surface area contributed by atoms with Gasteiger partial charge in [0.15, 0.2) is 5.96 Å². The molecule has 1 aromatic heterocycles. The highest BCUT2D eigenvalue weighted by molar-refractivity contribution is 14.0. The van der Waals surface area contributed by atoms with Crippen molar-refractivity contribution >= 4 is 36.0 Å². The van der Waals surface area contributed by atoms with Crippen LogP contribution < -0.4 is 10.6 Å². The van der Waals surface area contributed by atoms with E-state index in [2.05, 4.69) is 25.7 Å². The molecule has 0 aromatic carbocycles. The summed E-state index contributed by atoms with van der Waals surface area (Å²) in [5.41, 5.74) is 0.325. The van der Waals surface area contributed by atoms with Gasteiger partial charge in [-0.1, -0.05) is 5.16 Å². The third kappa shape index (κ3) is 6.54. The van der Waals surface area contributed by atoms with Gasteiger partial charge in [-0.3, -0.25) is 4.99 Å². The van der Waals surface area contributed by atoms with Crippen molar-refractivity contribution in [3.8, 4) is 0 Å². The molecular weight excluding hydrogens is 425 g/mol. The molecule has 2 N–H and O–H groups in total. The van der Waals surface area contributed by atoms with Crippen molar-refractivity contribution in [3.05, 3.63) is 18.0 Å². The fourth-order valence-corrected chi connectivity index (χ4v) is 2.38. The minimum Gasteiger partial charge on any atom is -0.444 e. The number of halogens is 1. The normalized spacial score (nSPS) is 18.1. The average Bonchev–Trinajstić information content (AvgIpc) is 3.09. The Hall–Kier alpha value is -1.52. The highest BCUT2D eigenvalue weighted by Gasteiger charge is 2.27. The molecule has 0 spiro atoms. The lowest BCUT2D eigenvalue weighted by atomic mass is 10.2. The van der Waals surface area contributed by atoms with Gasteiger partial charge in [0.25, 0.3) is 0 Å².